The van der Waals surface area contributed by atoms with E-state index in [1.54, 1.807) is 77.9 Å². The first kappa shape index (κ1) is 47.5. The smallest absolute Gasteiger partial charge is 0.412 e. The number of carbonyl (C=O) groups is 5. The average Bonchev–Trinajstić information content (AvgIpc) is 3.12. The molecule has 0 heterocycles. The van der Waals surface area contributed by atoms with Gasteiger partial charge in [-0.1, -0.05) is 35.4 Å². The Balaban J connectivity index is 1.87. The zero-order valence-corrected chi connectivity index (χ0v) is 33.5. The standard InChI is InChI=1S/C38H56N8O11/c1-37(2,3)56-35(50)44-30(32(47)40-18-20-52-22-24-54-25-23-53-21-19-42-46-39)16-17-41-34(49)55-29-14-12-27(13-15-29)26-31(45-36(51)57-38(4,5)6)33(48)43-28-10-8-7-9-11-28/h7-15,30-31H,16-26H2,1-6H3,(H,40,47)(H,41,49)(H,43,48)(H,44,50)(H,45,51)/t30-,31-/m0/s1. The molecule has 19 heteroatoms. The van der Waals surface area contributed by atoms with Crippen molar-refractivity contribution in [3.05, 3.63) is 70.6 Å². The molecule has 0 spiro atoms. The SMILES string of the molecule is CC(C)(C)OC(=O)N[C@@H](CCNC(=O)Oc1ccc(C[C@H](NC(=O)OC(C)(C)C)C(=O)Nc2ccccc2)cc1)C(=O)NCCOCCOCCOCCN=[N+]=[N-]. The first-order valence-electron chi connectivity index (χ1n) is 18.5. The van der Waals surface area contributed by atoms with Crippen LogP contribution in [0.15, 0.2) is 59.7 Å². The van der Waals surface area contributed by atoms with Crippen LogP contribution in [0.3, 0.4) is 0 Å². The minimum absolute atomic E-state index is 0.00975. The van der Waals surface area contributed by atoms with Crippen LogP contribution in [0, 0.1) is 0 Å². The minimum Gasteiger partial charge on any atom is -0.444 e. The molecule has 0 aromatic heterocycles. The lowest BCUT2D eigenvalue weighted by Crippen LogP contribution is -2.50. The zero-order chi connectivity index (χ0) is 42.1. The fraction of sp³-hybridized carbons (Fsp3) is 0.553. The molecule has 2 rings (SSSR count). The predicted octanol–water partition coefficient (Wildman–Crippen LogP) is 4.61. The van der Waals surface area contributed by atoms with Crippen molar-refractivity contribution in [3.8, 4) is 5.75 Å². The fourth-order valence-electron chi connectivity index (χ4n) is 4.58. The van der Waals surface area contributed by atoms with Gasteiger partial charge in [0, 0.05) is 36.7 Å². The molecule has 0 aliphatic heterocycles. The van der Waals surface area contributed by atoms with Crippen molar-refractivity contribution in [2.24, 2.45) is 5.11 Å². The highest BCUT2D eigenvalue weighted by Crippen LogP contribution is 2.16. The van der Waals surface area contributed by atoms with Gasteiger partial charge in [-0.2, -0.15) is 0 Å². The van der Waals surface area contributed by atoms with Crippen molar-refractivity contribution in [2.45, 2.75) is 77.7 Å². The number of alkyl carbamates (subject to hydrolysis) is 2. The van der Waals surface area contributed by atoms with E-state index in [0.29, 0.717) is 37.7 Å². The van der Waals surface area contributed by atoms with Crippen LogP contribution in [-0.4, -0.2) is 113 Å². The van der Waals surface area contributed by atoms with E-state index in [1.165, 1.54) is 12.1 Å². The quantitative estimate of drug-likeness (QED) is 0.0449. The number of para-hydroxylation sites is 1. The number of amides is 5. The lowest BCUT2D eigenvalue weighted by atomic mass is 10.0. The molecule has 5 N–H and O–H groups in total. The van der Waals surface area contributed by atoms with Crippen molar-refractivity contribution < 1.29 is 52.4 Å². The number of anilines is 1. The zero-order valence-electron chi connectivity index (χ0n) is 33.5. The summed E-state index contributed by atoms with van der Waals surface area (Å²) in [6.07, 6.45) is -2.24. The van der Waals surface area contributed by atoms with Gasteiger partial charge in [-0.25, -0.2) is 14.4 Å². The summed E-state index contributed by atoms with van der Waals surface area (Å²) in [4.78, 5) is 66.4. The van der Waals surface area contributed by atoms with Crippen molar-refractivity contribution in [2.75, 3.05) is 64.6 Å². The Morgan fingerprint density at radius 1 is 0.667 bits per heavy atom. The highest BCUT2D eigenvalue weighted by Gasteiger charge is 2.26. The highest BCUT2D eigenvalue weighted by atomic mass is 16.6. The van der Waals surface area contributed by atoms with Gasteiger partial charge in [0.25, 0.3) is 0 Å². The Kier molecular flexibility index (Phi) is 21.3. The second kappa shape index (κ2) is 25.5. The van der Waals surface area contributed by atoms with Crippen LogP contribution in [0.4, 0.5) is 20.1 Å². The van der Waals surface area contributed by atoms with E-state index in [0.717, 1.165) is 0 Å². The molecule has 314 valence electrons. The molecule has 2 aromatic carbocycles. The third-order valence-electron chi connectivity index (χ3n) is 7.02. The van der Waals surface area contributed by atoms with Gasteiger partial charge in [-0.05, 0) is 83.3 Å². The largest absolute Gasteiger partial charge is 0.444 e. The maximum atomic E-state index is 13.2. The summed E-state index contributed by atoms with van der Waals surface area (Å²) < 4.78 is 32.1. The topological polar surface area (TPSA) is 250 Å². The lowest BCUT2D eigenvalue weighted by molar-refractivity contribution is -0.123. The van der Waals surface area contributed by atoms with Crippen LogP contribution in [0.2, 0.25) is 0 Å². The second-order valence-corrected chi connectivity index (χ2v) is 14.3. The monoisotopic (exact) mass is 800 g/mol. The van der Waals surface area contributed by atoms with E-state index in [2.05, 4.69) is 36.6 Å². The van der Waals surface area contributed by atoms with Crippen molar-refractivity contribution >= 4 is 35.8 Å². The van der Waals surface area contributed by atoms with Gasteiger partial charge >= 0.3 is 18.3 Å². The minimum atomic E-state index is -1.05. The van der Waals surface area contributed by atoms with Gasteiger partial charge in [-0.3, -0.25) is 9.59 Å². The van der Waals surface area contributed by atoms with Crippen LogP contribution < -0.4 is 31.3 Å². The summed E-state index contributed by atoms with van der Waals surface area (Å²) >= 11 is 0. The second-order valence-electron chi connectivity index (χ2n) is 14.3. The van der Waals surface area contributed by atoms with E-state index in [-0.39, 0.29) is 51.4 Å². The van der Waals surface area contributed by atoms with Crippen LogP contribution in [-0.2, 0) is 39.7 Å². The van der Waals surface area contributed by atoms with E-state index in [4.69, 9.17) is 34.0 Å². The average molecular weight is 801 g/mol. The maximum Gasteiger partial charge on any atom is 0.412 e. The molecule has 0 radical (unpaired) electrons. The Bertz CT molecular complexity index is 1590. The molecule has 0 aliphatic rings. The van der Waals surface area contributed by atoms with Gasteiger partial charge < -0.3 is 55.0 Å². The van der Waals surface area contributed by atoms with E-state index in [9.17, 15) is 24.0 Å². The number of rotatable bonds is 23. The van der Waals surface area contributed by atoms with Gasteiger partial charge in [0.05, 0.1) is 39.6 Å². The summed E-state index contributed by atoms with van der Waals surface area (Å²) in [5, 5.41) is 16.6. The molecule has 0 aliphatic carbocycles. The molecule has 57 heavy (non-hydrogen) atoms. The van der Waals surface area contributed by atoms with Gasteiger partial charge in [-0.15, -0.1) is 0 Å². The number of benzene rings is 2. The molecule has 5 amide bonds. The molecule has 19 nitrogen and oxygen atoms in total. The molecule has 0 unspecified atom stereocenters. The highest BCUT2D eigenvalue weighted by molar-refractivity contribution is 5.96. The Morgan fingerprint density at radius 3 is 1.81 bits per heavy atom. The van der Waals surface area contributed by atoms with E-state index >= 15 is 0 Å². The lowest BCUT2D eigenvalue weighted by Gasteiger charge is -2.23. The summed E-state index contributed by atoms with van der Waals surface area (Å²) in [6.45, 7) is 12.3. The van der Waals surface area contributed by atoms with Gasteiger partial charge in [0.2, 0.25) is 11.8 Å². The number of nitrogens with one attached hydrogen (secondary N) is 5. The molecular formula is C38H56N8O11. The van der Waals surface area contributed by atoms with Crippen LogP contribution in [0.1, 0.15) is 53.5 Å². The fourth-order valence-corrected chi connectivity index (χ4v) is 4.58. The number of carbonyl (C=O) groups excluding carboxylic acids is 5. The van der Waals surface area contributed by atoms with Crippen LogP contribution in [0.5, 0.6) is 5.75 Å². The third kappa shape index (κ3) is 23.1. The first-order valence-corrected chi connectivity index (χ1v) is 18.5. The summed E-state index contributed by atoms with van der Waals surface area (Å²) in [5.74, 6) is -0.764. The van der Waals surface area contributed by atoms with Gasteiger partial charge in [0.1, 0.15) is 29.0 Å². The Hall–Kier alpha value is -5.62. The number of hydrogen-bond donors (Lipinski definition) is 5. The Morgan fingerprint density at radius 2 is 1.23 bits per heavy atom. The molecule has 0 fully saturated rings. The number of nitrogens with zero attached hydrogens (tertiary/aromatic N) is 3. The summed E-state index contributed by atoms with van der Waals surface area (Å²) in [6, 6.07) is 13.1. The first-order chi connectivity index (χ1) is 27.0. The van der Waals surface area contributed by atoms with Crippen molar-refractivity contribution in [3.63, 3.8) is 0 Å². The summed E-state index contributed by atoms with van der Waals surface area (Å²) in [7, 11) is 0. The van der Waals surface area contributed by atoms with E-state index < -0.39 is 53.4 Å². The maximum absolute atomic E-state index is 13.2. The van der Waals surface area contributed by atoms with E-state index in [1.807, 2.05) is 6.07 Å². The molecule has 0 saturated carbocycles. The normalized spacial score (nSPS) is 12.2. The number of hydrogen-bond acceptors (Lipinski definition) is 12. The molecule has 0 bridgehead atoms. The van der Waals surface area contributed by atoms with Crippen LogP contribution in [0.25, 0.3) is 10.4 Å². The molecule has 2 atom stereocenters. The summed E-state index contributed by atoms with van der Waals surface area (Å²) in [5.41, 5.74) is 7.87. The van der Waals surface area contributed by atoms with Gasteiger partial charge in [0.15, 0.2) is 0 Å². The number of ether oxygens (including phenoxy) is 6. The molecular weight excluding hydrogens is 744 g/mol. The van der Waals surface area contributed by atoms with Crippen LogP contribution >= 0.6 is 0 Å². The van der Waals surface area contributed by atoms with Crippen molar-refractivity contribution in [1.29, 1.82) is 0 Å². The molecule has 0 saturated heterocycles. The predicted molar refractivity (Wildman–Crippen MR) is 210 cm³/mol. The van der Waals surface area contributed by atoms with Crippen molar-refractivity contribution in [1.82, 2.24) is 21.3 Å². The Labute approximate surface area is 332 Å². The number of azide groups is 1. The molecule has 2 aromatic rings. The third-order valence-corrected chi connectivity index (χ3v) is 7.02.